The van der Waals surface area contributed by atoms with Gasteiger partial charge in [-0.05, 0) is 97.2 Å². The predicted octanol–water partition coefficient (Wildman–Crippen LogP) is -1.09. The van der Waals surface area contributed by atoms with Crippen LogP contribution in [-0.4, -0.2) is 162 Å². The Hall–Kier alpha value is -9.14. The summed E-state index contributed by atoms with van der Waals surface area (Å²) < 4.78 is 0. The summed E-state index contributed by atoms with van der Waals surface area (Å²) in [5.41, 5.74) is 8.07. The SMILES string of the molecule is CC(C)CC(NC(=O)C(N)Cc1ccccc1)C(=O)NC(Cc1ccc(O)cc1)C(=O)NC(Cc1ccc(O)cc1)C(=O)NC(C(=O)O)C(=O)NC(C(=O)NC(C(=O)NC(Cc1ccc(O)cc1)C(=O)NC(C(=O)O)C(C)C)C(C)O)C(C)O. The number of amides is 8. The molecule has 8 amide bonds. The van der Waals surface area contributed by atoms with Crippen LogP contribution in [0.1, 0.15) is 70.2 Å². The monoisotopic (exact) mass is 1170 g/mol. The summed E-state index contributed by atoms with van der Waals surface area (Å²) in [4.78, 5) is 136. The van der Waals surface area contributed by atoms with Crippen molar-refractivity contribution in [3.63, 3.8) is 0 Å². The zero-order valence-corrected chi connectivity index (χ0v) is 47.1. The second-order valence-electron chi connectivity index (χ2n) is 21.1. The molecule has 0 bridgehead atoms. The highest BCUT2D eigenvalue weighted by Crippen LogP contribution is 2.17. The van der Waals surface area contributed by atoms with Crippen LogP contribution in [0.15, 0.2) is 103 Å². The molecule has 26 nitrogen and oxygen atoms in total. The van der Waals surface area contributed by atoms with E-state index >= 15 is 0 Å². The van der Waals surface area contributed by atoms with Gasteiger partial charge in [-0.2, -0.15) is 0 Å². The molecule has 0 heterocycles. The molecule has 0 aromatic heterocycles. The molecule has 0 aliphatic carbocycles. The maximum absolute atomic E-state index is 14.5. The number of aromatic hydroxyl groups is 3. The first-order chi connectivity index (χ1) is 39.5. The van der Waals surface area contributed by atoms with Crippen molar-refractivity contribution in [2.75, 3.05) is 0 Å². The van der Waals surface area contributed by atoms with Crippen molar-refractivity contribution in [2.45, 2.75) is 140 Å². The molecule has 0 spiro atoms. The standard InChI is InChI=1S/C58H75N9O17/c1-29(2)24-41(60-49(73)40(59)25-33-10-8-7-9-11-33)50(74)61-42(26-34-12-18-37(70)19-13-34)51(75)62-43(27-35-14-20-38(71)21-15-35)53(77)67-48(58(83)84)56(80)66-47(32(6)69)55(79)65-46(31(5)68)54(78)63-44(28-36-16-22-39(72)23-17-36)52(76)64-45(30(3)4)57(81)82/h7-23,29-32,40-48,68-72H,24-28,59H2,1-6H3,(H,60,73)(H,61,74)(H,62,75)(H,63,78)(H,64,76)(H,65,79)(H,66,80)(H,67,77)(H,81,82)(H,83,84). The van der Waals surface area contributed by atoms with E-state index in [1.165, 1.54) is 86.6 Å². The summed E-state index contributed by atoms with van der Waals surface area (Å²) in [6.45, 7) is 8.70. The zero-order chi connectivity index (χ0) is 62.5. The first-order valence-electron chi connectivity index (χ1n) is 26.9. The summed E-state index contributed by atoms with van der Waals surface area (Å²) in [7, 11) is 0. The van der Waals surface area contributed by atoms with Crippen molar-refractivity contribution in [1.82, 2.24) is 42.5 Å². The number of carbonyl (C=O) groups is 10. The summed E-state index contributed by atoms with van der Waals surface area (Å²) in [6.07, 6.45) is -4.43. The fourth-order valence-electron chi connectivity index (χ4n) is 8.52. The minimum atomic E-state index is -2.58. The highest BCUT2D eigenvalue weighted by atomic mass is 16.4. The van der Waals surface area contributed by atoms with Crippen molar-refractivity contribution in [1.29, 1.82) is 0 Å². The molecule has 4 aromatic carbocycles. The van der Waals surface area contributed by atoms with Gasteiger partial charge in [0, 0.05) is 19.3 Å². The van der Waals surface area contributed by atoms with Gasteiger partial charge in [0.25, 0.3) is 5.91 Å². The predicted molar refractivity (Wildman–Crippen MR) is 302 cm³/mol. The number of benzene rings is 4. The van der Waals surface area contributed by atoms with Crippen LogP contribution in [0.2, 0.25) is 0 Å². The molecule has 0 saturated heterocycles. The number of aliphatic hydroxyl groups excluding tert-OH is 2. The van der Waals surface area contributed by atoms with E-state index in [0.717, 1.165) is 19.4 Å². The van der Waals surface area contributed by atoms with E-state index in [1.54, 1.807) is 44.2 Å². The number of hydrogen-bond donors (Lipinski definition) is 16. The molecule has 0 fully saturated rings. The van der Waals surface area contributed by atoms with Crippen LogP contribution in [0.3, 0.4) is 0 Å². The van der Waals surface area contributed by atoms with Gasteiger partial charge in [-0.1, -0.05) is 94.4 Å². The van der Waals surface area contributed by atoms with Crippen molar-refractivity contribution in [2.24, 2.45) is 17.6 Å². The second kappa shape index (κ2) is 31.9. The largest absolute Gasteiger partial charge is 0.508 e. The summed E-state index contributed by atoms with van der Waals surface area (Å²) >= 11 is 0. The second-order valence-corrected chi connectivity index (χ2v) is 21.1. The number of phenolic OH excluding ortho intramolecular Hbond substituents is 3. The van der Waals surface area contributed by atoms with Crippen LogP contribution in [-0.2, 0) is 73.6 Å². The molecule has 4 rings (SSSR count). The lowest BCUT2D eigenvalue weighted by atomic mass is 9.99. The third-order valence-corrected chi connectivity index (χ3v) is 13.2. The molecule has 26 heteroatoms. The summed E-state index contributed by atoms with van der Waals surface area (Å²) in [5, 5.41) is 90.2. The van der Waals surface area contributed by atoms with Crippen molar-refractivity contribution < 1.29 is 83.7 Å². The third-order valence-electron chi connectivity index (χ3n) is 13.2. The van der Waals surface area contributed by atoms with E-state index < -0.39 is 138 Å². The molecule has 11 atom stereocenters. The third kappa shape index (κ3) is 21.3. The van der Waals surface area contributed by atoms with Crippen LogP contribution in [0.5, 0.6) is 17.2 Å². The number of nitrogens with two attached hydrogens (primary N) is 1. The first kappa shape index (κ1) is 67.4. The summed E-state index contributed by atoms with van der Waals surface area (Å²) in [6, 6.07) is 9.88. The van der Waals surface area contributed by atoms with Crippen LogP contribution in [0, 0.1) is 11.8 Å². The number of rotatable bonds is 31. The topological polar surface area (TPSA) is 435 Å². The fraction of sp³-hybridized carbons (Fsp3) is 0.414. The number of hydrogen-bond acceptors (Lipinski definition) is 16. The van der Waals surface area contributed by atoms with E-state index in [9.17, 15) is 83.7 Å². The number of nitrogens with one attached hydrogen (secondary N) is 8. The molecule has 0 aliphatic heterocycles. The summed E-state index contributed by atoms with van der Waals surface area (Å²) in [5.74, 6) is -13.7. The molecule has 0 saturated carbocycles. The average Bonchev–Trinajstić information content (AvgIpc) is 3.64. The van der Waals surface area contributed by atoms with Crippen LogP contribution >= 0.6 is 0 Å². The van der Waals surface area contributed by atoms with Crippen LogP contribution < -0.4 is 48.3 Å². The molecule has 11 unspecified atom stereocenters. The normalized spacial score (nSPS) is 15.1. The van der Waals surface area contributed by atoms with Gasteiger partial charge in [-0.3, -0.25) is 38.4 Å². The number of carbonyl (C=O) groups excluding carboxylic acids is 8. The molecule has 0 aliphatic rings. The molecule has 84 heavy (non-hydrogen) atoms. The Labute approximate surface area is 484 Å². The van der Waals surface area contributed by atoms with Crippen LogP contribution in [0.25, 0.3) is 0 Å². The Morgan fingerprint density at radius 2 is 0.714 bits per heavy atom. The number of aliphatic hydroxyl groups is 2. The van der Waals surface area contributed by atoms with E-state index in [2.05, 4.69) is 31.9 Å². The van der Waals surface area contributed by atoms with Gasteiger partial charge in [-0.15, -0.1) is 0 Å². The maximum Gasteiger partial charge on any atom is 0.336 e. The molecule has 17 N–H and O–H groups in total. The zero-order valence-electron chi connectivity index (χ0n) is 47.1. The van der Waals surface area contributed by atoms with Crippen molar-refractivity contribution in [3.05, 3.63) is 125 Å². The first-order valence-corrected chi connectivity index (χ1v) is 26.9. The lowest BCUT2D eigenvalue weighted by molar-refractivity contribution is -0.148. The lowest BCUT2D eigenvalue weighted by Gasteiger charge is -2.29. The van der Waals surface area contributed by atoms with E-state index in [4.69, 9.17) is 5.73 Å². The number of phenols is 3. The minimum absolute atomic E-state index is 0.0852. The Kier molecular flexibility index (Phi) is 25.6. The van der Waals surface area contributed by atoms with E-state index in [0.29, 0.717) is 11.1 Å². The molecule has 4 aromatic rings. The highest BCUT2D eigenvalue weighted by molar-refractivity contribution is 6.06. The van der Waals surface area contributed by atoms with Gasteiger partial charge in [0.15, 0.2) is 0 Å². The van der Waals surface area contributed by atoms with Gasteiger partial charge in [-0.25, -0.2) is 9.59 Å². The maximum atomic E-state index is 14.5. The molecular formula is C58H75N9O17. The highest BCUT2D eigenvalue weighted by Gasteiger charge is 2.39. The van der Waals surface area contributed by atoms with Crippen molar-refractivity contribution >= 4 is 59.2 Å². The van der Waals surface area contributed by atoms with Gasteiger partial charge in [0.1, 0.15) is 59.5 Å². The Bertz CT molecular complexity index is 2910. The van der Waals surface area contributed by atoms with Gasteiger partial charge < -0.3 is 84.0 Å². The Morgan fingerprint density at radius 3 is 1.10 bits per heavy atom. The van der Waals surface area contributed by atoms with E-state index in [1.807, 2.05) is 10.6 Å². The lowest BCUT2D eigenvalue weighted by Crippen LogP contribution is -2.64. The minimum Gasteiger partial charge on any atom is -0.508 e. The number of carboxylic acid groups (broad SMARTS) is 2. The number of carboxylic acids is 2. The van der Waals surface area contributed by atoms with Gasteiger partial charge in [0.2, 0.25) is 47.4 Å². The fourth-order valence-corrected chi connectivity index (χ4v) is 8.52. The number of aliphatic carboxylic acids is 2. The van der Waals surface area contributed by atoms with E-state index in [-0.39, 0.29) is 54.4 Å². The Morgan fingerprint density at radius 1 is 0.381 bits per heavy atom. The van der Waals surface area contributed by atoms with Crippen molar-refractivity contribution in [3.8, 4) is 17.2 Å². The quantitative estimate of drug-likeness (QED) is 0.0266. The van der Waals surface area contributed by atoms with Gasteiger partial charge >= 0.3 is 11.9 Å². The molecule has 454 valence electrons. The van der Waals surface area contributed by atoms with Crippen LogP contribution in [0.4, 0.5) is 0 Å². The molecular weight excluding hydrogens is 1090 g/mol. The Balaban J connectivity index is 1.60. The molecule has 0 radical (unpaired) electrons. The average molecular weight is 1170 g/mol. The van der Waals surface area contributed by atoms with Gasteiger partial charge in [0.05, 0.1) is 18.2 Å². The smallest absolute Gasteiger partial charge is 0.336 e.